The van der Waals surface area contributed by atoms with Crippen molar-refractivity contribution in [3.05, 3.63) is 47.7 Å². The Hall–Kier alpha value is -2.38. The van der Waals surface area contributed by atoms with Gasteiger partial charge >= 0.3 is 0 Å². The van der Waals surface area contributed by atoms with Gasteiger partial charge in [-0.25, -0.2) is 4.98 Å². The van der Waals surface area contributed by atoms with Gasteiger partial charge in [0.15, 0.2) is 5.69 Å². The second kappa shape index (κ2) is 13.0. The Bertz CT molecular complexity index is 737. The molecular formula is C23H36N4O3. The molecule has 1 aromatic carbocycles. The number of amides is 1. The zero-order valence-electron chi connectivity index (χ0n) is 18.3. The fraction of sp³-hybridized carbons (Fsp3) is 0.565. The molecule has 0 aliphatic rings. The summed E-state index contributed by atoms with van der Waals surface area (Å²) in [6, 6.07) is 6.37. The zero-order valence-corrected chi connectivity index (χ0v) is 18.3. The smallest absolute Gasteiger partial charge is 0.273 e. The first-order valence-corrected chi connectivity index (χ1v) is 11.0. The molecule has 1 atom stereocenters. The van der Waals surface area contributed by atoms with Crippen LogP contribution in [0.2, 0.25) is 0 Å². The van der Waals surface area contributed by atoms with Gasteiger partial charge in [-0.1, -0.05) is 38.8 Å². The molecule has 2 aromatic rings. The maximum absolute atomic E-state index is 12.3. The number of phenols is 1. The number of phenolic OH excluding ortho intramolecular Hbond substituents is 1. The second-order valence-corrected chi connectivity index (χ2v) is 7.71. The first kappa shape index (κ1) is 23.9. The minimum atomic E-state index is -0.457. The van der Waals surface area contributed by atoms with Crippen LogP contribution >= 0.6 is 0 Å². The molecule has 7 nitrogen and oxygen atoms in total. The van der Waals surface area contributed by atoms with Crippen molar-refractivity contribution in [3.8, 4) is 5.75 Å². The van der Waals surface area contributed by atoms with E-state index < -0.39 is 6.04 Å². The molecule has 0 aliphatic carbocycles. The third-order valence-electron chi connectivity index (χ3n) is 5.06. The molecule has 1 amide bonds. The lowest BCUT2D eigenvalue weighted by Gasteiger charge is -2.21. The molecular weight excluding hydrogens is 380 g/mol. The van der Waals surface area contributed by atoms with E-state index in [0.717, 1.165) is 31.6 Å². The van der Waals surface area contributed by atoms with Gasteiger partial charge in [-0.15, -0.1) is 0 Å². The van der Waals surface area contributed by atoms with Crippen LogP contribution in [0.1, 0.15) is 73.9 Å². The molecule has 7 heteroatoms. The molecule has 166 valence electrons. The molecule has 0 fully saturated rings. The standard InChI is InChI=1S/C23H36N4O3/c1-3-5-13-27(14-6-4-2)15-7-12-25-22(29)21-17-30-23(26-21)20(24)16-18-8-10-19(28)11-9-18/h8-11,17,20,28H,3-7,12-16,24H2,1-2H3,(H,25,29). The first-order chi connectivity index (χ1) is 14.5. The third kappa shape index (κ3) is 8.16. The first-order valence-electron chi connectivity index (χ1n) is 11.0. The lowest BCUT2D eigenvalue weighted by Crippen LogP contribution is -2.31. The van der Waals surface area contributed by atoms with Crippen molar-refractivity contribution in [1.29, 1.82) is 0 Å². The fourth-order valence-corrected chi connectivity index (χ4v) is 3.23. The van der Waals surface area contributed by atoms with E-state index >= 15 is 0 Å². The van der Waals surface area contributed by atoms with Gasteiger partial charge in [0.1, 0.15) is 12.0 Å². The number of oxazole rings is 1. The van der Waals surface area contributed by atoms with E-state index in [0.29, 0.717) is 18.9 Å². The van der Waals surface area contributed by atoms with Gasteiger partial charge in [0, 0.05) is 6.54 Å². The minimum absolute atomic E-state index is 0.209. The lowest BCUT2D eigenvalue weighted by molar-refractivity contribution is 0.0946. The summed E-state index contributed by atoms with van der Waals surface area (Å²) in [6.45, 7) is 8.26. The molecule has 2 rings (SSSR count). The van der Waals surface area contributed by atoms with E-state index in [2.05, 4.69) is 29.0 Å². The normalized spacial score (nSPS) is 12.3. The molecule has 1 heterocycles. The fourth-order valence-electron chi connectivity index (χ4n) is 3.23. The Kier molecular flexibility index (Phi) is 10.4. The van der Waals surface area contributed by atoms with Crippen molar-refractivity contribution in [2.45, 2.75) is 58.4 Å². The molecule has 0 aliphatic heterocycles. The summed E-state index contributed by atoms with van der Waals surface area (Å²) >= 11 is 0. The summed E-state index contributed by atoms with van der Waals surface area (Å²) < 4.78 is 5.42. The molecule has 0 radical (unpaired) electrons. The number of nitrogens with zero attached hydrogens (tertiary/aromatic N) is 2. The number of hydrogen-bond donors (Lipinski definition) is 3. The maximum Gasteiger partial charge on any atom is 0.273 e. The summed E-state index contributed by atoms with van der Waals surface area (Å²) in [4.78, 5) is 19.1. The SMILES string of the molecule is CCCCN(CCCC)CCCNC(=O)c1coc(C(N)Cc2ccc(O)cc2)n1. The lowest BCUT2D eigenvalue weighted by atomic mass is 10.1. The summed E-state index contributed by atoms with van der Waals surface area (Å²) in [5, 5.41) is 12.3. The van der Waals surface area contributed by atoms with Crippen molar-refractivity contribution in [2.75, 3.05) is 26.2 Å². The largest absolute Gasteiger partial charge is 0.508 e. The molecule has 1 unspecified atom stereocenters. The van der Waals surface area contributed by atoms with E-state index in [9.17, 15) is 9.90 Å². The Morgan fingerprint density at radius 2 is 1.77 bits per heavy atom. The van der Waals surface area contributed by atoms with Crippen molar-refractivity contribution in [2.24, 2.45) is 5.73 Å². The summed E-state index contributed by atoms with van der Waals surface area (Å²) in [6.07, 6.45) is 7.59. The molecule has 0 saturated carbocycles. The van der Waals surface area contributed by atoms with Crippen molar-refractivity contribution in [3.63, 3.8) is 0 Å². The van der Waals surface area contributed by atoms with Crippen LogP contribution in [0.25, 0.3) is 0 Å². The Morgan fingerprint density at radius 3 is 2.40 bits per heavy atom. The third-order valence-corrected chi connectivity index (χ3v) is 5.06. The summed E-state index contributed by atoms with van der Waals surface area (Å²) in [5.41, 5.74) is 7.37. The predicted molar refractivity (Wildman–Crippen MR) is 118 cm³/mol. The number of unbranched alkanes of at least 4 members (excludes halogenated alkanes) is 2. The van der Waals surface area contributed by atoms with E-state index in [1.54, 1.807) is 24.3 Å². The maximum atomic E-state index is 12.3. The molecule has 0 spiro atoms. The highest BCUT2D eigenvalue weighted by Crippen LogP contribution is 2.18. The molecule has 1 aromatic heterocycles. The number of hydrogen-bond acceptors (Lipinski definition) is 6. The number of nitrogens with one attached hydrogen (secondary N) is 1. The van der Waals surface area contributed by atoms with E-state index in [-0.39, 0.29) is 17.4 Å². The van der Waals surface area contributed by atoms with E-state index in [1.807, 2.05) is 0 Å². The minimum Gasteiger partial charge on any atom is -0.508 e. The summed E-state index contributed by atoms with van der Waals surface area (Å²) in [5.74, 6) is 0.301. The van der Waals surface area contributed by atoms with Gasteiger partial charge < -0.3 is 25.5 Å². The number of rotatable bonds is 14. The Balaban J connectivity index is 1.76. The molecule has 30 heavy (non-hydrogen) atoms. The summed E-state index contributed by atoms with van der Waals surface area (Å²) in [7, 11) is 0. The van der Waals surface area contributed by atoms with Crippen LogP contribution < -0.4 is 11.1 Å². The van der Waals surface area contributed by atoms with Crippen LogP contribution in [0.4, 0.5) is 0 Å². The van der Waals surface area contributed by atoms with Crippen LogP contribution in [0, 0.1) is 0 Å². The number of aromatic hydroxyl groups is 1. The van der Waals surface area contributed by atoms with Crippen LogP contribution in [-0.4, -0.2) is 47.1 Å². The van der Waals surface area contributed by atoms with Gasteiger partial charge in [-0.05, 0) is 63.0 Å². The van der Waals surface area contributed by atoms with Crippen LogP contribution in [0.15, 0.2) is 34.9 Å². The second-order valence-electron chi connectivity index (χ2n) is 7.71. The Labute approximate surface area is 179 Å². The average Bonchev–Trinajstić information content (AvgIpc) is 3.24. The molecule has 4 N–H and O–H groups in total. The topological polar surface area (TPSA) is 105 Å². The molecule has 0 saturated heterocycles. The number of benzene rings is 1. The van der Waals surface area contributed by atoms with Gasteiger partial charge in [0.05, 0.1) is 6.04 Å². The number of carbonyl (C=O) groups excluding carboxylic acids is 1. The average molecular weight is 417 g/mol. The Morgan fingerprint density at radius 1 is 1.13 bits per heavy atom. The number of nitrogens with two attached hydrogens (primary N) is 1. The van der Waals surface area contributed by atoms with Gasteiger partial charge in [0.25, 0.3) is 5.91 Å². The van der Waals surface area contributed by atoms with E-state index in [4.69, 9.17) is 10.2 Å². The number of aromatic nitrogens is 1. The van der Waals surface area contributed by atoms with Crippen LogP contribution in [0.3, 0.4) is 0 Å². The van der Waals surface area contributed by atoms with Crippen LogP contribution in [0.5, 0.6) is 5.75 Å². The van der Waals surface area contributed by atoms with Crippen molar-refractivity contribution >= 4 is 5.91 Å². The number of carbonyl (C=O) groups is 1. The highest BCUT2D eigenvalue weighted by atomic mass is 16.3. The van der Waals surface area contributed by atoms with Gasteiger partial charge in [0.2, 0.25) is 5.89 Å². The molecule has 0 bridgehead atoms. The van der Waals surface area contributed by atoms with Crippen LogP contribution in [-0.2, 0) is 6.42 Å². The van der Waals surface area contributed by atoms with Gasteiger partial charge in [-0.3, -0.25) is 4.79 Å². The monoisotopic (exact) mass is 416 g/mol. The van der Waals surface area contributed by atoms with Crippen molar-refractivity contribution in [1.82, 2.24) is 15.2 Å². The van der Waals surface area contributed by atoms with Crippen molar-refractivity contribution < 1.29 is 14.3 Å². The highest BCUT2D eigenvalue weighted by molar-refractivity contribution is 5.91. The highest BCUT2D eigenvalue weighted by Gasteiger charge is 2.17. The predicted octanol–water partition coefficient (Wildman–Crippen LogP) is 3.64. The van der Waals surface area contributed by atoms with E-state index in [1.165, 1.54) is 31.9 Å². The quantitative estimate of drug-likeness (QED) is 0.406. The van der Waals surface area contributed by atoms with Gasteiger partial charge in [-0.2, -0.15) is 0 Å². The zero-order chi connectivity index (χ0) is 21.8.